The topological polar surface area (TPSA) is 122 Å². The van der Waals surface area contributed by atoms with Crippen LogP contribution in [0.4, 0.5) is 30.5 Å². The van der Waals surface area contributed by atoms with E-state index in [0.717, 1.165) is 16.8 Å². The van der Waals surface area contributed by atoms with Crippen LogP contribution < -0.4 is 16.0 Å². The van der Waals surface area contributed by atoms with Gasteiger partial charge in [0.15, 0.2) is 17.7 Å². The summed E-state index contributed by atoms with van der Waals surface area (Å²) in [6.07, 6.45) is 0.00329. The Labute approximate surface area is 192 Å². The molecule has 1 aromatic carbocycles. The normalized spacial score (nSPS) is 16.0. The van der Waals surface area contributed by atoms with Crippen molar-refractivity contribution in [2.45, 2.75) is 39.1 Å². The summed E-state index contributed by atoms with van der Waals surface area (Å²) in [5, 5.41) is 10.2. The van der Waals surface area contributed by atoms with E-state index in [1.165, 1.54) is 11.8 Å². The lowest BCUT2D eigenvalue weighted by molar-refractivity contribution is -0.134. The number of aromatic nitrogens is 4. The summed E-state index contributed by atoms with van der Waals surface area (Å²) in [6, 6.07) is 7.01. The minimum Gasteiger partial charge on any atom is -0.463 e. The summed E-state index contributed by atoms with van der Waals surface area (Å²) < 4.78 is 45.1. The van der Waals surface area contributed by atoms with Crippen LogP contribution in [0.25, 0.3) is 0 Å². The highest BCUT2D eigenvalue weighted by atomic mass is 19.4. The van der Waals surface area contributed by atoms with E-state index in [9.17, 15) is 18.0 Å². The molecule has 1 aliphatic rings. The van der Waals surface area contributed by atoms with Crippen LogP contribution in [0.2, 0.25) is 0 Å². The Morgan fingerprint density at radius 2 is 2.03 bits per heavy atom. The molecule has 3 aromatic rings. The second-order valence-corrected chi connectivity index (χ2v) is 7.73. The third kappa shape index (κ3) is 4.80. The van der Waals surface area contributed by atoms with Crippen LogP contribution in [0.3, 0.4) is 0 Å². The Hall–Kier alpha value is -4.09. The second-order valence-electron chi connectivity index (χ2n) is 7.73. The summed E-state index contributed by atoms with van der Waals surface area (Å²) in [6.45, 7) is 3.33. The van der Waals surface area contributed by atoms with Crippen molar-refractivity contribution in [2.24, 2.45) is 5.73 Å². The predicted octanol–water partition coefficient (Wildman–Crippen LogP) is 3.48. The van der Waals surface area contributed by atoms with E-state index in [0.29, 0.717) is 30.2 Å². The van der Waals surface area contributed by atoms with Gasteiger partial charge in [-0.25, -0.2) is 4.98 Å². The van der Waals surface area contributed by atoms with Gasteiger partial charge in [-0.2, -0.15) is 18.3 Å². The number of aromatic amines is 1. The van der Waals surface area contributed by atoms with Crippen LogP contribution in [-0.2, 0) is 22.4 Å². The van der Waals surface area contributed by atoms with Gasteiger partial charge >= 0.3 is 6.18 Å². The third-order valence-electron chi connectivity index (χ3n) is 5.32. The molecule has 0 radical (unpaired) electrons. The van der Waals surface area contributed by atoms with Gasteiger partial charge in [0.2, 0.25) is 5.76 Å². The monoisotopic (exact) mass is 473 g/mol. The molecule has 4 rings (SSSR count). The highest BCUT2D eigenvalue weighted by Gasteiger charge is 2.48. The number of H-pyrrole nitrogens is 1. The molecule has 0 saturated heterocycles. The quantitative estimate of drug-likeness (QED) is 0.480. The van der Waals surface area contributed by atoms with Crippen molar-refractivity contribution >= 4 is 23.2 Å². The van der Waals surface area contributed by atoms with E-state index in [1.807, 2.05) is 13.0 Å². The van der Waals surface area contributed by atoms with Crippen LogP contribution in [0.5, 0.6) is 0 Å². The van der Waals surface area contributed by atoms with E-state index in [4.69, 9.17) is 10.5 Å². The number of carbonyl (C=O) groups excluding carboxylic acids is 1. The number of halogens is 3. The highest BCUT2D eigenvalue weighted by molar-refractivity contribution is 5.97. The summed E-state index contributed by atoms with van der Waals surface area (Å²) in [4.78, 5) is 21.2. The Bertz CT molecular complexity index is 1220. The average Bonchev–Trinajstić information content (AvgIpc) is 3.38. The summed E-state index contributed by atoms with van der Waals surface area (Å²) >= 11 is 0. The van der Waals surface area contributed by atoms with Gasteiger partial charge in [-0.3, -0.25) is 19.8 Å². The maximum absolute atomic E-state index is 13.4. The van der Waals surface area contributed by atoms with Crippen LogP contribution in [0.15, 0.2) is 54.3 Å². The SMILES string of the molecule is Cc1ccc(N2C(C(N)=O)=C(C(F)(F)F)OC2C)cc1CCc1cc(Nc2cnccn2)n[nH]1. The van der Waals surface area contributed by atoms with Crippen LogP contribution >= 0.6 is 0 Å². The first-order chi connectivity index (χ1) is 16.1. The molecule has 178 valence electrons. The fourth-order valence-corrected chi connectivity index (χ4v) is 3.74. The number of nitrogens with one attached hydrogen (secondary N) is 2. The maximum Gasteiger partial charge on any atom is 0.451 e. The largest absolute Gasteiger partial charge is 0.463 e. The van der Waals surface area contributed by atoms with Crippen LogP contribution in [0, 0.1) is 6.92 Å². The molecular weight excluding hydrogens is 451 g/mol. The predicted molar refractivity (Wildman–Crippen MR) is 118 cm³/mol. The highest BCUT2D eigenvalue weighted by Crippen LogP contribution is 2.40. The summed E-state index contributed by atoms with van der Waals surface area (Å²) in [5.41, 5.74) is 7.67. The molecule has 0 fully saturated rings. The molecule has 1 amide bonds. The summed E-state index contributed by atoms with van der Waals surface area (Å²) in [5.74, 6) is -1.45. The molecule has 3 heterocycles. The van der Waals surface area contributed by atoms with Crippen molar-refractivity contribution in [3.63, 3.8) is 0 Å². The van der Waals surface area contributed by atoms with Gasteiger partial charge in [0.25, 0.3) is 5.91 Å². The lowest BCUT2D eigenvalue weighted by Crippen LogP contribution is -2.34. The first-order valence-electron chi connectivity index (χ1n) is 10.4. The van der Waals surface area contributed by atoms with Crippen molar-refractivity contribution in [2.75, 3.05) is 10.2 Å². The number of amides is 1. The van der Waals surface area contributed by atoms with Gasteiger partial charge in [-0.05, 0) is 49.9 Å². The number of hydrogen-bond donors (Lipinski definition) is 3. The number of anilines is 3. The molecule has 12 heteroatoms. The number of nitrogens with zero attached hydrogens (tertiary/aromatic N) is 4. The second kappa shape index (κ2) is 9.04. The molecule has 34 heavy (non-hydrogen) atoms. The standard InChI is InChI=1S/C22H22F3N7O2/c1-12-3-6-16(32-13(2)34-20(22(23,24)25)19(32)21(26)33)9-14(12)4-5-15-10-17(31-30-15)29-18-11-27-7-8-28-18/h3,6-11,13H,4-5H2,1-2H3,(H2,26,33)(H2,28,29,30,31). The van der Waals surface area contributed by atoms with Crippen molar-refractivity contribution < 1.29 is 22.7 Å². The van der Waals surface area contributed by atoms with Crippen LogP contribution in [-0.4, -0.2) is 38.5 Å². The maximum atomic E-state index is 13.4. The smallest absolute Gasteiger partial charge is 0.451 e. The molecule has 2 aromatic heterocycles. The van der Waals surface area contributed by atoms with Gasteiger partial charge < -0.3 is 15.8 Å². The molecule has 0 spiro atoms. The number of primary amides is 1. The van der Waals surface area contributed by atoms with Gasteiger partial charge in [0.05, 0.1) is 6.20 Å². The number of nitrogens with two attached hydrogens (primary N) is 1. The zero-order valence-corrected chi connectivity index (χ0v) is 18.3. The number of allylic oxidation sites excluding steroid dienone is 1. The average molecular weight is 473 g/mol. The van der Waals surface area contributed by atoms with Gasteiger partial charge in [0, 0.05) is 29.8 Å². The van der Waals surface area contributed by atoms with E-state index >= 15 is 0 Å². The Kier molecular flexibility index (Phi) is 6.14. The van der Waals surface area contributed by atoms with Gasteiger partial charge in [-0.1, -0.05) is 6.07 Å². The number of benzene rings is 1. The minimum absolute atomic E-state index is 0.385. The molecule has 0 aliphatic carbocycles. The third-order valence-corrected chi connectivity index (χ3v) is 5.32. The Morgan fingerprint density at radius 3 is 2.71 bits per heavy atom. The van der Waals surface area contributed by atoms with Crippen LogP contribution in [0.1, 0.15) is 23.7 Å². The Morgan fingerprint density at radius 1 is 1.24 bits per heavy atom. The fourth-order valence-electron chi connectivity index (χ4n) is 3.74. The molecule has 1 unspecified atom stereocenters. The molecule has 0 bridgehead atoms. The lowest BCUT2D eigenvalue weighted by atomic mass is 10.0. The van der Waals surface area contributed by atoms with E-state index in [2.05, 4.69) is 25.5 Å². The number of alkyl halides is 3. The lowest BCUT2D eigenvalue weighted by Gasteiger charge is -2.24. The van der Waals surface area contributed by atoms with E-state index in [1.54, 1.807) is 36.8 Å². The first-order valence-corrected chi connectivity index (χ1v) is 10.4. The molecule has 4 N–H and O–H groups in total. The zero-order chi connectivity index (χ0) is 24.5. The van der Waals surface area contributed by atoms with Crippen molar-refractivity contribution in [1.82, 2.24) is 20.2 Å². The molecule has 0 saturated carbocycles. The minimum atomic E-state index is -4.83. The number of rotatable bonds is 7. The molecular formula is C22H22F3N7O2. The van der Waals surface area contributed by atoms with Crippen molar-refractivity contribution in [3.05, 3.63) is 71.1 Å². The number of aryl methyl sites for hydroxylation is 3. The fraction of sp³-hybridized carbons (Fsp3) is 0.273. The number of carbonyl (C=O) groups is 1. The van der Waals surface area contributed by atoms with Gasteiger partial charge in [-0.15, -0.1) is 0 Å². The van der Waals surface area contributed by atoms with Gasteiger partial charge in [0.1, 0.15) is 5.82 Å². The van der Waals surface area contributed by atoms with E-state index < -0.39 is 29.8 Å². The zero-order valence-electron chi connectivity index (χ0n) is 18.3. The number of ether oxygens (including phenoxy) is 1. The molecule has 9 nitrogen and oxygen atoms in total. The summed E-state index contributed by atoms with van der Waals surface area (Å²) in [7, 11) is 0. The number of hydrogen-bond acceptors (Lipinski definition) is 7. The first kappa shape index (κ1) is 23.1. The Balaban J connectivity index is 1.53. The molecule has 1 aliphatic heterocycles. The molecule has 1 atom stereocenters. The van der Waals surface area contributed by atoms with Crippen molar-refractivity contribution in [3.8, 4) is 0 Å². The van der Waals surface area contributed by atoms with Crippen molar-refractivity contribution in [1.29, 1.82) is 0 Å². The van der Waals surface area contributed by atoms with E-state index in [-0.39, 0.29) is 0 Å².